The fourth-order valence-electron chi connectivity index (χ4n) is 1.40. The minimum absolute atomic E-state index is 0.568. The molecule has 0 unspecified atom stereocenters. The fraction of sp³-hybridized carbons (Fsp3) is 0.0769. The van der Waals surface area contributed by atoms with Gasteiger partial charge in [0.05, 0.1) is 5.56 Å². The van der Waals surface area contributed by atoms with Crippen LogP contribution in [-0.2, 0) is 6.54 Å². The van der Waals surface area contributed by atoms with Gasteiger partial charge in [-0.3, -0.25) is 0 Å². The smallest absolute Gasteiger partial charge is 0.126 e. The maximum atomic E-state index is 8.65. The number of pyridine rings is 1. The van der Waals surface area contributed by atoms with E-state index in [1.165, 1.54) is 5.56 Å². The minimum atomic E-state index is 0.568. The van der Waals surface area contributed by atoms with E-state index in [1.807, 2.05) is 24.3 Å². The van der Waals surface area contributed by atoms with Gasteiger partial charge in [0.15, 0.2) is 0 Å². The Balaban J connectivity index is 2.00. The zero-order chi connectivity index (χ0) is 12.1. The second kappa shape index (κ2) is 5.46. The molecule has 0 saturated carbocycles. The Bertz CT molecular complexity index is 543. The van der Waals surface area contributed by atoms with Gasteiger partial charge in [-0.2, -0.15) is 5.26 Å². The van der Waals surface area contributed by atoms with Crippen molar-refractivity contribution in [2.45, 2.75) is 6.54 Å². The van der Waals surface area contributed by atoms with Gasteiger partial charge >= 0.3 is 0 Å². The molecular formula is C13H10BrN3. The van der Waals surface area contributed by atoms with Crippen LogP contribution in [0.25, 0.3) is 0 Å². The lowest BCUT2D eigenvalue weighted by molar-refractivity contribution is 1.11. The lowest BCUT2D eigenvalue weighted by Crippen LogP contribution is -2.01. The highest BCUT2D eigenvalue weighted by Gasteiger charge is 1.96. The van der Waals surface area contributed by atoms with E-state index >= 15 is 0 Å². The van der Waals surface area contributed by atoms with Crippen molar-refractivity contribution >= 4 is 21.7 Å². The molecule has 2 aromatic rings. The zero-order valence-corrected chi connectivity index (χ0v) is 10.6. The summed E-state index contributed by atoms with van der Waals surface area (Å²) in [5.41, 5.74) is 1.74. The summed E-state index contributed by atoms with van der Waals surface area (Å²) < 4.78 is 1.06. The van der Waals surface area contributed by atoms with Crippen LogP contribution in [0.5, 0.6) is 0 Å². The molecule has 0 fully saturated rings. The largest absolute Gasteiger partial charge is 0.366 e. The van der Waals surface area contributed by atoms with E-state index in [1.54, 1.807) is 18.3 Å². The third kappa shape index (κ3) is 3.30. The molecule has 0 aliphatic carbocycles. The fourth-order valence-corrected chi connectivity index (χ4v) is 1.85. The maximum Gasteiger partial charge on any atom is 0.126 e. The van der Waals surface area contributed by atoms with Crippen molar-refractivity contribution < 1.29 is 0 Å². The first-order valence-corrected chi connectivity index (χ1v) is 5.92. The minimum Gasteiger partial charge on any atom is -0.366 e. The molecule has 1 N–H and O–H groups in total. The van der Waals surface area contributed by atoms with Crippen LogP contribution < -0.4 is 5.32 Å². The quantitative estimate of drug-likeness (QED) is 0.942. The van der Waals surface area contributed by atoms with Crippen molar-refractivity contribution in [1.29, 1.82) is 5.26 Å². The summed E-state index contributed by atoms with van der Waals surface area (Å²) in [7, 11) is 0. The Labute approximate surface area is 108 Å². The molecule has 84 valence electrons. The first-order valence-electron chi connectivity index (χ1n) is 5.12. The molecule has 1 heterocycles. The van der Waals surface area contributed by atoms with E-state index in [-0.39, 0.29) is 0 Å². The Morgan fingerprint density at radius 1 is 1.29 bits per heavy atom. The number of hydrogen-bond donors (Lipinski definition) is 1. The van der Waals surface area contributed by atoms with Gasteiger partial charge in [0, 0.05) is 17.2 Å². The van der Waals surface area contributed by atoms with Gasteiger partial charge in [-0.1, -0.05) is 28.1 Å². The molecule has 4 heteroatoms. The molecule has 0 atom stereocenters. The first kappa shape index (κ1) is 11.6. The highest BCUT2D eigenvalue weighted by molar-refractivity contribution is 9.10. The van der Waals surface area contributed by atoms with Crippen molar-refractivity contribution in [3.63, 3.8) is 0 Å². The second-order valence-corrected chi connectivity index (χ2v) is 4.44. The van der Waals surface area contributed by atoms with Crippen molar-refractivity contribution in [2.75, 3.05) is 5.32 Å². The molecule has 0 aliphatic heterocycles. The SMILES string of the molecule is N#Cc1ccc(NCc2cccc(Br)c2)nc1. The Hall–Kier alpha value is -1.86. The van der Waals surface area contributed by atoms with E-state index in [0.29, 0.717) is 12.1 Å². The Morgan fingerprint density at radius 2 is 2.18 bits per heavy atom. The topological polar surface area (TPSA) is 48.7 Å². The van der Waals surface area contributed by atoms with E-state index < -0.39 is 0 Å². The van der Waals surface area contributed by atoms with E-state index in [2.05, 4.69) is 32.3 Å². The summed E-state index contributed by atoms with van der Waals surface area (Å²) in [6.45, 7) is 0.707. The van der Waals surface area contributed by atoms with Crippen molar-refractivity contribution in [3.8, 4) is 6.07 Å². The average Bonchev–Trinajstić information content (AvgIpc) is 2.37. The van der Waals surface area contributed by atoms with Crippen LogP contribution in [0.15, 0.2) is 47.1 Å². The summed E-state index contributed by atoms with van der Waals surface area (Å²) in [5.74, 6) is 0.768. The number of nitriles is 1. The molecule has 0 bridgehead atoms. The predicted molar refractivity (Wildman–Crippen MR) is 70.4 cm³/mol. The molecular weight excluding hydrogens is 278 g/mol. The number of aromatic nitrogens is 1. The first-order chi connectivity index (χ1) is 8.28. The summed E-state index contributed by atoms with van der Waals surface area (Å²) in [6.07, 6.45) is 1.56. The molecule has 1 aromatic carbocycles. The number of nitrogens with one attached hydrogen (secondary N) is 1. The maximum absolute atomic E-state index is 8.65. The van der Waals surface area contributed by atoms with Crippen LogP contribution in [0, 0.1) is 11.3 Å². The van der Waals surface area contributed by atoms with Crippen LogP contribution in [0.3, 0.4) is 0 Å². The molecule has 3 nitrogen and oxygen atoms in total. The van der Waals surface area contributed by atoms with Gasteiger partial charge in [-0.15, -0.1) is 0 Å². The molecule has 2 rings (SSSR count). The van der Waals surface area contributed by atoms with E-state index in [4.69, 9.17) is 5.26 Å². The Kier molecular flexibility index (Phi) is 3.73. The molecule has 0 saturated heterocycles. The van der Waals surface area contributed by atoms with Crippen molar-refractivity contribution in [1.82, 2.24) is 4.98 Å². The number of benzene rings is 1. The Morgan fingerprint density at radius 3 is 2.82 bits per heavy atom. The van der Waals surface area contributed by atoms with Crippen LogP contribution >= 0.6 is 15.9 Å². The predicted octanol–water partition coefficient (Wildman–Crippen LogP) is 3.33. The summed E-state index contributed by atoms with van der Waals surface area (Å²) in [4.78, 5) is 4.14. The highest BCUT2D eigenvalue weighted by atomic mass is 79.9. The highest BCUT2D eigenvalue weighted by Crippen LogP contribution is 2.13. The average molecular weight is 288 g/mol. The van der Waals surface area contributed by atoms with Gasteiger partial charge in [-0.25, -0.2) is 4.98 Å². The van der Waals surface area contributed by atoms with E-state index in [0.717, 1.165) is 10.3 Å². The molecule has 0 aliphatic rings. The van der Waals surface area contributed by atoms with Crippen molar-refractivity contribution in [2.24, 2.45) is 0 Å². The number of hydrogen-bond acceptors (Lipinski definition) is 3. The van der Waals surface area contributed by atoms with Crippen LogP contribution in [0.1, 0.15) is 11.1 Å². The number of anilines is 1. The molecule has 1 aromatic heterocycles. The number of rotatable bonds is 3. The monoisotopic (exact) mass is 287 g/mol. The summed E-state index contributed by atoms with van der Waals surface area (Å²) in [5, 5.41) is 11.8. The van der Waals surface area contributed by atoms with Gasteiger partial charge < -0.3 is 5.32 Å². The van der Waals surface area contributed by atoms with Gasteiger partial charge in [-0.05, 0) is 29.8 Å². The second-order valence-electron chi connectivity index (χ2n) is 3.53. The third-order valence-electron chi connectivity index (χ3n) is 2.26. The summed E-state index contributed by atoms with van der Waals surface area (Å²) >= 11 is 3.43. The summed E-state index contributed by atoms with van der Waals surface area (Å²) in [6, 6.07) is 13.7. The zero-order valence-electron chi connectivity index (χ0n) is 9.02. The van der Waals surface area contributed by atoms with Gasteiger partial charge in [0.1, 0.15) is 11.9 Å². The molecule has 0 spiro atoms. The molecule has 0 radical (unpaired) electrons. The van der Waals surface area contributed by atoms with Crippen LogP contribution in [0.4, 0.5) is 5.82 Å². The normalized spacial score (nSPS) is 9.65. The van der Waals surface area contributed by atoms with Crippen LogP contribution in [-0.4, -0.2) is 4.98 Å². The van der Waals surface area contributed by atoms with Gasteiger partial charge in [0.2, 0.25) is 0 Å². The van der Waals surface area contributed by atoms with E-state index in [9.17, 15) is 0 Å². The lowest BCUT2D eigenvalue weighted by atomic mass is 10.2. The number of halogens is 1. The van der Waals surface area contributed by atoms with Crippen LogP contribution in [0.2, 0.25) is 0 Å². The van der Waals surface area contributed by atoms with Gasteiger partial charge in [0.25, 0.3) is 0 Å². The molecule has 0 amide bonds. The lowest BCUT2D eigenvalue weighted by Gasteiger charge is -2.05. The van der Waals surface area contributed by atoms with Crippen molar-refractivity contribution in [3.05, 3.63) is 58.2 Å². The standard InChI is InChI=1S/C13H10BrN3/c14-12-3-1-2-10(6-12)8-16-13-5-4-11(7-15)9-17-13/h1-6,9H,8H2,(H,16,17). The molecule has 17 heavy (non-hydrogen) atoms. The number of nitrogens with zero attached hydrogens (tertiary/aromatic N) is 2. The third-order valence-corrected chi connectivity index (χ3v) is 2.75.